The van der Waals surface area contributed by atoms with Crippen molar-refractivity contribution >= 4 is 17.6 Å². The van der Waals surface area contributed by atoms with Gasteiger partial charge in [0.2, 0.25) is 0 Å². The van der Waals surface area contributed by atoms with E-state index in [1.54, 1.807) is 11.5 Å². The van der Waals surface area contributed by atoms with Gasteiger partial charge in [-0.05, 0) is 26.7 Å². The van der Waals surface area contributed by atoms with Gasteiger partial charge in [0.15, 0.2) is 0 Å². The molecule has 8 nitrogen and oxygen atoms in total. The van der Waals surface area contributed by atoms with Crippen molar-refractivity contribution in [2.24, 2.45) is 0 Å². The molecular formula is C13H17N3O5. The van der Waals surface area contributed by atoms with Crippen LogP contribution in [0, 0.1) is 10.1 Å². The van der Waals surface area contributed by atoms with Crippen LogP contribution in [0.2, 0.25) is 0 Å². The van der Waals surface area contributed by atoms with Crippen molar-refractivity contribution in [3.8, 4) is 0 Å². The van der Waals surface area contributed by atoms with E-state index in [2.05, 4.69) is 5.32 Å². The van der Waals surface area contributed by atoms with Crippen LogP contribution in [0.15, 0.2) is 12.3 Å². The standard InChI is InChI=1S/C13H17N3O5/c1-3-21-13(18)8(2)14-12(17)11-6-10(16(19)20)7-15(11)9-4-5-9/h6-9H,3-5H2,1-2H3,(H,14,17). The van der Waals surface area contributed by atoms with Crippen molar-refractivity contribution in [1.29, 1.82) is 0 Å². The molecule has 1 aliphatic carbocycles. The number of nitrogens with one attached hydrogen (secondary N) is 1. The molecule has 0 bridgehead atoms. The highest BCUT2D eigenvalue weighted by molar-refractivity contribution is 5.96. The fraction of sp³-hybridized carbons (Fsp3) is 0.538. The highest BCUT2D eigenvalue weighted by atomic mass is 16.6. The summed E-state index contributed by atoms with van der Waals surface area (Å²) in [5.74, 6) is -1.06. The van der Waals surface area contributed by atoms with Gasteiger partial charge in [-0.2, -0.15) is 0 Å². The summed E-state index contributed by atoms with van der Waals surface area (Å²) < 4.78 is 6.41. The third kappa shape index (κ3) is 3.39. The summed E-state index contributed by atoms with van der Waals surface area (Å²) in [6.45, 7) is 3.41. The first-order valence-corrected chi connectivity index (χ1v) is 6.77. The monoisotopic (exact) mass is 295 g/mol. The summed E-state index contributed by atoms with van der Waals surface area (Å²) in [5, 5.41) is 13.3. The molecule has 0 aromatic carbocycles. The number of ether oxygens (including phenoxy) is 1. The van der Waals surface area contributed by atoms with E-state index in [1.807, 2.05) is 0 Å². The Morgan fingerprint density at radius 3 is 2.76 bits per heavy atom. The Kier molecular flexibility index (Phi) is 4.25. The number of nitrogens with zero attached hydrogens (tertiary/aromatic N) is 2. The zero-order chi connectivity index (χ0) is 15.6. The number of hydrogen-bond acceptors (Lipinski definition) is 5. The normalized spacial score (nSPS) is 15.3. The summed E-state index contributed by atoms with van der Waals surface area (Å²) in [6, 6.07) is 0.544. The summed E-state index contributed by atoms with van der Waals surface area (Å²) in [6.07, 6.45) is 3.14. The molecule has 0 spiro atoms. The molecule has 1 heterocycles. The fourth-order valence-corrected chi connectivity index (χ4v) is 2.00. The van der Waals surface area contributed by atoms with Crippen molar-refractivity contribution in [2.75, 3.05) is 6.61 Å². The summed E-state index contributed by atoms with van der Waals surface area (Å²) in [7, 11) is 0. The first-order chi connectivity index (χ1) is 9.93. The van der Waals surface area contributed by atoms with E-state index in [0.29, 0.717) is 0 Å². The predicted octanol–water partition coefficient (Wildman–Crippen LogP) is 1.41. The molecule has 2 rings (SSSR count). The molecule has 1 aromatic heterocycles. The number of carbonyl (C=O) groups is 2. The van der Waals surface area contributed by atoms with Gasteiger partial charge in [-0.3, -0.25) is 14.9 Å². The third-order valence-corrected chi connectivity index (χ3v) is 3.21. The lowest BCUT2D eigenvalue weighted by molar-refractivity contribution is -0.384. The Morgan fingerprint density at radius 2 is 2.24 bits per heavy atom. The Balaban J connectivity index is 2.14. The average Bonchev–Trinajstić information content (AvgIpc) is 3.16. The largest absolute Gasteiger partial charge is 0.464 e. The van der Waals surface area contributed by atoms with Gasteiger partial charge in [0.25, 0.3) is 11.6 Å². The smallest absolute Gasteiger partial charge is 0.328 e. The molecule has 0 saturated heterocycles. The van der Waals surface area contributed by atoms with Crippen LogP contribution < -0.4 is 5.32 Å². The molecule has 1 aliphatic rings. The maximum absolute atomic E-state index is 12.2. The van der Waals surface area contributed by atoms with Gasteiger partial charge in [-0.1, -0.05) is 0 Å². The Bertz CT molecular complexity index is 576. The van der Waals surface area contributed by atoms with Gasteiger partial charge in [-0.25, -0.2) is 4.79 Å². The number of aromatic nitrogens is 1. The van der Waals surface area contributed by atoms with Crippen LogP contribution in [0.25, 0.3) is 0 Å². The predicted molar refractivity (Wildman–Crippen MR) is 72.9 cm³/mol. The van der Waals surface area contributed by atoms with E-state index >= 15 is 0 Å². The van der Waals surface area contributed by atoms with Crippen molar-refractivity contribution < 1.29 is 19.2 Å². The van der Waals surface area contributed by atoms with Crippen LogP contribution in [0.3, 0.4) is 0 Å². The van der Waals surface area contributed by atoms with E-state index in [9.17, 15) is 19.7 Å². The van der Waals surface area contributed by atoms with Crippen molar-refractivity contribution in [1.82, 2.24) is 9.88 Å². The number of nitro groups is 1. The Morgan fingerprint density at radius 1 is 1.57 bits per heavy atom. The second kappa shape index (κ2) is 5.94. The molecule has 1 aromatic rings. The van der Waals surface area contributed by atoms with Gasteiger partial charge in [-0.15, -0.1) is 0 Å². The average molecular weight is 295 g/mol. The van der Waals surface area contributed by atoms with E-state index in [-0.39, 0.29) is 24.0 Å². The molecule has 0 radical (unpaired) electrons. The highest BCUT2D eigenvalue weighted by Gasteiger charge is 2.31. The molecule has 1 unspecified atom stereocenters. The number of rotatable bonds is 6. The minimum absolute atomic E-state index is 0.123. The lowest BCUT2D eigenvalue weighted by Crippen LogP contribution is -2.40. The SMILES string of the molecule is CCOC(=O)C(C)NC(=O)c1cc([N+](=O)[O-])cn1C1CC1. The minimum atomic E-state index is -0.806. The van der Waals surface area contributed by atoms with Gasteiger partial charge in [0, 0.05) is 12.1 Å². The number of amides is 1. The first kappa shape index (κ1) is 15.0. The van der Waals surface area contributed by atoms with Gasteiger partial charge in [0.05, 0.1) is 17.7 Å². The molecule has 1 fully saturated rings. The molecule has 114 valence electrons. The molecular weight excluding hydrogens is 278 g/mol. The lowest BCUT2D eigenvalue weighted by atomic mass is 10.3. The van der Waals surface area contributed by atoms with Gasteiger partial charge < -0.3 is 14.6 Å². The van der Waals surface area contributed by atoms with E-state index in [4.69, 9.17) is 4.74 Å². The number of carbonyl (C=O) groups excluding carboxylic acids is 2. The van der Waals surface area contributed by atoms with Crippen molar-refractivity contribution in [2.45, 2.75) is 38.8 Å². The molecule has 1 N–H and O–H groups in total. The zero-order valence-electron chi connectivity index (χ0n) is 11.9. The minimum Gasteiger partial charge on any atom is -0.464 e. The number of esters is 1. The van der Waals surface area contributed by atoms with Crippen LogP contribution in [-0.2, 0) is 9.53 Å². The fourth-order valence-electron chi connectivity index (χ4n) is 2.00. The second-order valence-corrected chi connectivity index (χ2v) is 4.93. The molecule has 1 amide bonds. The molecule has 1 saturated carbocycles. The maximum Gasteiger partial charge on any atom is 0.328 e. The van der Waals surface area contributed by atoms with Gasteiger partial charge >= 0.3 is 5.97 Å². The van der Waals surface area contributed by atoms with Crippen LogP contribution in [0.5, 0.6) is 0 Å². The summed E-state index contributed by atoms with van der Waals surface area (Å²) in [5.41, 5.74) is 0.0659. The van der Waals surface area contributed by atoms with Crippen molar-refractivity contribution in [3.05, 3.63) is 28.1 Å². The molecule has 0 aliphatic heterocycles. The highest BCUT2D eigenvalue weighted by Crippen LogP contribution is 2.37. The lowest BCUT2D eigenvalue weighted by Gasteiger charge is -2.13. The second-order valence-electron chi connectivity index (χ2n) is 4.93. The molecule has 21 heavy (non-hydrogen) atoms. The molecule has 8 heteroatoms. The maximum atomic E-state index is 12.2. The van der Waals surface area contributed by atoms with E-state index in [0.717, 1.165) is 12.8 Å². The zero-order valence-corrected chi connectivity index (χ0v) is 11.9. The van der Waals surface area contributed by atoms with E-state index in [1.165, 1.54) is 19.2 Å². The summed E-state index contributed by atoms with van der Waals surface area (Å²) in [4.78, 5) is 34.0. The quantitative estimate of drug-likeness (QED) is 0.485. The molecule has 1 atom stereocenters. The third-order valence-electron chi connectivity index (χ3n) is 3.21. The van der Waals surface area contributed by atoms with Crippen LogP contribution >= 0.6 is 0 Å². The Labute approximate surface area is 121 Å². The van der Waals surface area contributed by atoms with E-state index < -0.39 is 22.8 Å². The van der Waals surface area contributed by atoms with Crippen LogP contribution in [0.4, 0.5) is 5.69 Å². The van der Waals surface area contributed by atoms with Gasteiger partial charge in [0.1, 0.15) is 11.7 Å². The van der Waals surface area contributed by atoms with Crippen LogP contribution in [-0.4, -0.2) is 34.0 Å². The van der Waals surface area contributed by atoms with Crippen LogP contribution in [0.1, 0.15) is 43.2 Å². The van der Waals surface area contributed by atoms with Crippen molar-refractivity contribution in [3.63, 3.8) is 0 Å². The first-order valence-electron chi connectivity index (χ1n) is 6.77. The Hall–Kier alpha value is -2.38. The summed E-state index contributed by atoms with van der Waals surface area (Å²) >= 11 is 0. The topological polar surface area (TPSA) is 103 Å². The number of hydrogen-bond donors (Lipinski definition) is 1.